The maximum absolute atomic E-state index is 12.6. The van der Waals surface area contributed by atoms with Crippen molar-refractivity contribution >= 4 is 11.6 Å². The van der Waals surface area contributed by atoms with Gasteiger partial charge in [-0.2, -0.15) is 13.2 Å². The Kier molecular flexibility index (Phi) is 4.29. The van der Waals surface area contributed by atoms with Gasteiger partial charge in [-0.25, -0.2) is 0 Å². The number of piperidine rings is 1. The van der Waals surface area contributed by atoms with Crippen LogP contribution in [0.5, 0.6) is 5.75 Å². The Morgan fingerprint density at radius 3 is 2.48 bits per heavy atom. The van der Waals surface area contributed by atoms with Crippen LogP contribution in [0.15, 0.2) is 18.2 Å². The Morgan fingerprint density at radius 2 is 1.95 bits per heavy atom. The molecule has 0 bridgehead atoms. The lowest BCUT2D eigenvalue weighted by Crippen LogP contribution is -2.42. The largest absolute Gasteiger partial charge is 0.495 e. The third-order valence-corrected chi connectivity index (χ3v) is 3.76. The highest BCUT2D eigenvalue weighted by atomic mass is 19.4. The van der Waals surface area contributed by atoms with E-state index >= 15 is 0 Å². The predicted molar refractivity (Wildman–Crippen MR) is 72.1 cm³/mol. The molecule has 1 heterocycles. The number of benzene rings is 1. The average molecular weight is 302 g/mol. The zero-order valence-electron chi connectivity index (χ0n) is 11.6. The zero-order chi connectivity index (χ0) is 15.6. The van der Waals surface area contributed by atoms with E-state index in [1.165, 1.54) is 12.0 Å². The number of ether oxygens (including phenoxy) is 1. The second kappa shape index (κ2) is 5.83. The molecular weight excluding hydrogens is 285 g/mol. The topological polar surface area (TPSA) is 55.6 Å². The normalized spacial score (nSPS) is 16.9. The van der Waals surface area contributed by atoms with Crippen molar-refractivity contribution in [2.24, 2.45) is 5.92 Å². The van der Waals surface area contributed by atoms with Crippen molar-refractivity contribution < 1.29 is 22.7 Å². The third kappa shape index (κ3) is 3.22. The molecule has 1 aliphatic rings. The van der Waals surface area contributed by atoms with Gasteiger partial charge in [0.2, 0.25) is 0 Å². The molecule has 7 heteroatoms. The first-order chi connectivity index (χ1) is 9.84. The Bertz CT molecular complexity index is 523. The summed E-state index contributed by atoms with van der Waals surface area (Å²) in [5.41, 5.74) is 6.32. The van der Waals surface area contributed by atoms with Gasteiger partial charge in [0.1, 0.15) is 5.75 Å². The number of nitrogens with zero attached hydrogens (tertiary/aromatic N) is 1. The number of hydrogen-bond acceptors (Lipinski definition) is 3. The van der Waals surface area contributed by atoms with Crippen LogP contribution in [-0.4, -0.2) is 37.2 Å². The summed E-state index contributed by atoms with van der Waals surface area (Å²) < 4.78 is 42.9. The van der Waals surface area contributed by atoms with E-state index in [2.05, 4.69) is 0 Å². The van der Waals surface area contributed by atoms with Crippen molar-refractivity contribution in [2.75, 3.05) is 25.9 Å². The fourth-order valence-electron chi connectivity index (χ4n) is 2.49. The minimum atomic E-state index is -4.19. The van der Waals surface area contributed by atoms with E-state index in [-0.39, 0.29) is 43.1 Å². The molecule has 1 aromatic carbocycles. The molecule has 0 atom stereocenters. The minimum Gasteiger partial charge on any atom is -0.495 e. The minimum absolute atomic E-state index is 0.0703. The molecule has 0 saturated carbocycles. The van der Waals surface area contributed by atoms with Crippen LogP contribution in [0.4, 0.5) is 18.9 Å². The standard InChI is InChI=1S/C14H17F3N2O2/c1-21-11-4-2-3-10(12(11)18)13(20)19-7-5-9(6-8-19)14(15,16)17/h2-4,9H,5-8,18H2,1H3. The van der Waals surface area contributed by atoms with E-state index in [1.54, 1.807) is 18.2 Å². The van der Waals surface area contributed by atoms with E-state index in [4.69, 9.17) is 10.5 Å². The van der Waals surface area contributed by atoms with Gasteiger partial charge >= 0.3 is 6.18 Å². The molecule has 4 nitrogen and oxygen atoms in total. The van der Waals surface area contributed by atoms with Crippen molar-refractivity contribution in [1.29, 1.82) is 0 Å². The molecule has 0 unspecified atom stereocenters. The van der Waals surface area contributed by atoms with Gasteiger partial charge in [-0.15, -0.1) is 0 Å². The maximum atomic E-state index is 12.6. The van der Waals surface area contributed by atoms with Crippen molar-refractivity contribution in [3.63, 3.8) is 0 Å². The van der Waals surface area contributed by atoms with Crippen LogP contribution in [0.2, 0.25) is 0 Å². The number of nitrogens with two attached hydrogens (primary N) is 1. The average Bonchev–Trinajstić information content (AvgIpc) is 2.46. The number of alkyl halides is 3. The molecule has 21 heavy (non-hydrogen) atoms. The summed E-state index contributed by atoms with van der Waals surface area (Å²) >= 11 is 0. The Hall–Kier alpha value is -1.92. The van der Waals surface area contributed by atoms with Gasteiger partial charge in [-0.3, -0.25) is 4.79 Å². The van der Waals surface area contributed by atoms with E-state index in [0.29, 0.717) is 5.75 Å². The first-order valence-corrected chi connectivity index (χ1v) is 6.63. The summed E-state index contributed by atoms with van der Waals surface area (Å²) in [4.78, 5) is 13.8. The van der Waals surface area contributed by atoms with Crippen LogP contribution in [0.1, 0.15) is 23.2 Å². The zero-order valence-corrected chi connectivity index (χ0v) is 11.6. The van der Waals surface area contributed by atoms with Gasteiger partial charge in [0.25, 0.3) is 5.91 Å². The van der Waals surface area contributed by atoms with Crippen molar-refractivity contribution in [3.05, 3.63) is 23.8 Å². The molecule has 0 radical (unpaired) electrons. The highest BCUT2D eigenvalue weighted by Crippen LogP contribution is 2.35. The molecule has 1 amide bonds. The van der Waals surface area contributed by atoms with Gasteiger partial charge < -0.3 is 15.4 Å². The van der Waals surface area contributed by atoms with Gasteiger partial charge in [0, 0.05) is 13.1 Å². The van der Waals surface area contributed by atoms with Crippen LogP contribution < -0.4 is 10.5 Å². The molecular formula is C14H17F3N2O2. The van der Waals surface area contributed by atoms with Crippen LogP contribution in [0, 0.1) is 5.92 Å². The first kappa shape index (κ1) is 15.5. The van der Waals surface area contributed by atoms with Gasteiger partial charge in [0.15, 0.2) is 0 Å². The lowest BCUT2D eigenvalue weighted by atomic mass is 9.95. The number of halogens is 3. The lowest BCUT2D eigenvalue weighted by Gasteiger charge is -2.33. The number of likely N-dealkylation sites (tertiary alicyclic amines) is 1. The van der Waals surface area contributed by atoms with Crippen molar-refractivity contribution in [3.8, 4) is 5.75 Å². The number of carbonyl (C=O) groups excluding carboxylic acids is 1. The van der Waals surface area contributed by atoms with Crippen LogP contribution in [-0.2, 0) is 0 Å². The Labute approximate surface area is 120 Å². The smallest absolute Gasteiger partial charge is 0.391 e. The molecule has 1 aliphatic heterocycles. The van der Waals surface area contributed by atoms with Crippen LogP contribution in [0.3, 0.4) is 0 Å². The van der Waals surface area contributed by atoms with Crippen molar-refractivity contribution in [2.45, 2.75) is 19.0 Å². The lowest BCUT2D eigenvalue weighted by molar-refractivity contribution is -0.183. The summed E-state index contributed by atoms with van der Waals surface area (Å²) in [6, 6.07) is 4.81. The second-order valence-corrected chi connectivity index (χ2v) is 5.03. The number of methoxy groups -OCH3 is 1. The van der Waals surface area contributed by atoms with Crippen LogP contribution >= 0.6 is 0 Å². The number of carbonyl (C=O) groups is 1. The molecule has 116 valence electrons. The molecule has 1 aromatic rings. The molecule has 0 aromatic heterocycles. The Balaban J connectivity index is 2.09. The predicted octanol–water partition coefficient (Wildman–Crippen LogP) is 2.69. The number of nitrogen functional groups attached to an aromatic ring is 1. The highest BCUT2D eigenvalue weighted by molar-refractivity contribution is 6.00. The fraction of sp³-hybridized carbons (Fsp3) is 0.500. The third-order valence-electron chi connectivity index (χ3n) is 3.76. The summed E-state index contributed by atoms with van der Waals surface area (Å²) in [6.45, 7) is 0.166. The van der Waals surface area contributed by atoms with Gasteiger partial charge in [0.05, 0.1) is 24.3 Å². The van der Waals surface area contributed by atoms with Gasteiger partial charge in [-0.1, -0.05) is 6.07 Å². The van der Waals surface area contributed by atoms with Crippen molar-refractivity contribution in [1.82, 2.24) is 4.90 Å². The van der Waals surface area contributed by atoms with E-state index in [0.717, 1.165) is 0 Å². The molecule has 0 aliphatic carbocycles. The molecule has 2 rings (SSSR count). The number of rotatable bonds is 2. The summed E-state index contributed by atoms with van der Waals surface area (Å²) in [5, 5.41) is 0. The highest BCUT2D eigenvalue weighted by Gasteiger charge is 2.41. The fourth-order valence-corrected chi connectivity index (χ4v) is 2.49. The number of para-hydroxylation sites is 1. The molecule has 2 N–H and O–H groups in total. The maximum Gasteiger partial charge on any atom is 0.391 e. The van der Waals surface area contributed by atoms with Crippen LogP contribution in [0.25, 0.3) is 0 Å². The number of amides is 1. The van der Waals surface area contributed by atoms with E-state index < -0.39 is 12.1 Å². The number of hydrogen-bond donors (Lipinski definition) is 1. The molecule has 0 spiro atoms. The van der Waals surface area contributed by atoms with E-state index in [1.807, 2.05) is 0 Å². The Morgan fingerprint density at radius 1 is 1.33 bits per heavy atom. The number of anilines is 1. The van der Waals surface area contributed by atoms with E-state index in [9.17, 15) is 18.0 Å². The molecule has 1 fully saturated rings. The monoisotopic (exact) mass is 302 g/mol. The summed E-state index contributed by atoms with van der Waals surface area (Å²) in [7, 11) is 1.44. The second-order valence-electron chi connectivity index (χ2n) is 5.03. The summed E-state index contributed by atoms with van der Waals surface area (Å²) in [5.74, 6) is -1.30. The molecule has 1 saturated heterocycles. The summed E-state index contributed by atoms with van der Waals surface area (Å²) in [6.07, 6.45) is -4.33. The SMILES string of the molecule is COc1cccc(C(=O)N2CCC(C(F)(F)F)CC2)c1N. The quantitative estimate of drug-likeness (QED) is 0.855. The van der Waals surface area contributed by atoms with Gasteiger partial charge in [-0.05, 0) is 25.0 Å². The first-order valence-electron chi connectivity index (χ1n) is 6.63.